The van der Waals surface area contributed by atoms with Gasteiger partial charge in [-0.3, -0.25) is 0 Å². The zero-order valence-electron chi connectivity index (χ0n) is 14.6. The van der Waals surface area contributed by atoms with Crippen molar-refractivity contribution in [3.8, 4) is 0 Å². The van der Waals surface area contributed by atoms with Crippen LogP contribution in [0, 0.1) is 0 Å². The van der Waals surface area contributed by atoms with Gasteiger partial charge in [-0.2, -0.15) is 0 Å². The third kappa shape index (κ3) is 2.59. The molecule has 0 N–H and O–H groups in total. The number of benzene rings is 2. The quantitative estimate of drug-likeness (QED) is 0.496. The molecule has 0 radical (unpaired) electrons. The van der Waals surface area contributed by atoms with E-state index in [0.29, 0.717) is 5.16 Å². The Morgan fingerprint density at radius 2 is 1.30 bits per heavy atom. The Kier molecular flexibility index (Phi) is 3.91. The number of rotatable bonds is 1. The van der Waals surface area contributed by atoms with E-state index in [-0.39, 0.29) is 15.8 Å². The van der Waals surface area contributed by atoms with E-state index in [9.17, 15) is 0 Å². The highest BCUT2D eigenvalue weighted by atomic mass is 31.1. The predicted octanol–water partition coefficient (Wildman–Crippen LogP) is 6.89. The van der Waals surface area contributed by atoms with Gasteiger partial charge in [-0.05, 0) is 46.4 Å². The van der Waals surface area contributed by atoms with E-state index in [0.717, 1.165) is 11.3 Å². The van der Waals surface area contributed by atoms with Gasteiger partial charge >= 0.3 is 0 Å². The summed E-state index contributed by atoms with van der Waals surface area (Å²) in [5.74, 6) is 0. The van der Waals surface area contributed by atoms with Crippen molar-refractivity contribution in [2.45, 2.75) is 49.6 Å². The van der Waals surface area contributed by atoms with Crippen LogP contribution in [0.25, 0.3) is 0 Å². The molecule has 0 bridgehead atoms. The zero-order valence-corrected chi connectivity index (χ0v) is 16.4. The Hall–Kier alpha value is -0.700. The van der Waals surface area contributed by atoms with Crippen molar-refractivity contribution in [3.05, 3.63) is 70.8 Å². The molecule has 23 heavy (non-hydrogen) atoms. The van der Waals surface area contributed by atoms with Crippen molar-refractivity contribution < 1.29 is 0 Å². The average molecular weight is 340 g/mol. The Bertz CT molecular complexity index is 729. The smallest absolute Gasteiger partial charge is 0.0161 e. The van der Waals surface area contributed by atoms with Gasteiger partial charge in [-0.25, -0.2) is 0 Å². The molecule has 0 saturated carbocycles. The molecule has 2 aliphatic rings. The van der Waals surface area contributed by atoms with Crippen molar-refractivity contribution in [1.82, 2.24) is 0 Å². The molecule has 0 aromatic heterocycles. The third-order valence-corrected chi connectivity index (χ3v) is 11.7. The molecule has 0 amide bonds. The summed E-state index contributed by atoms with van der Waals surface area (Å²) in [4.78, 5) is 0. The fourth-order valence-electron chi connectivity index (χ4n) is 4.39. The Balaban J connectivity index is 1.85. The molecule has 2 aliphatic heterocycles. The summed E-state index contributed by atoms with van der Waals surface area (Å²) in [6.45, 7) is 9.94. The van der Waals surface area contributed by atoms with Crippen LogP contribution in [0.5, 0.6) is 0 Å². The van der Waals surface area contributed by atoms with Crippen LogP contribution in [0.15, 0.2) is 48.5 Å². The third-order valence-electron chi connectivity index (χ3n) is 5.48. The van der Waals surface area contributed by atoms with Gasteiger partial charge in [0.25, 0.3) is 0 Å². The van der Waals surface area contributed by atoms with Crippen LogP contribution < -0.4 is 0 Å². The lowest BCUT2D eigenvalue weighted by atomic mass is 9.98. The minimum Gasteiger partial charge on any atom is -0.0967 e. The van der Waals surface area contributed by atoms with E-state index in [1.807, 2.05) is 0 Å². The molecular formula is C21H26P2. The minimum atomic E-state index is -0.0223. The van der Waals surface area contributed by atoms with Gasteiger partial charge in [0.2, 0.25) is 0 Å². The number of fused-ring (bicyclic) bond motifs is 2. The Morgan fingerprint density at radius 1 is 0.783 bits per heavy atom. The second kappa shape index (κ2) is 5.68. The SMILES string of the molecule is CP1Cc2ccccc2C1[C@H]1c2ccccc2CP1C(C)(C)C. The summed E-state index contributed by atoms with van der Waals surface area (Å²) in [5.41, 5.74) is 8.13. The van der Waals surface area contributed by atoms with Crippen molar-refractivity contribution in [1.29, 1.82) is 0 Å². The largest absolute Gasteiger partial charge is 0.0967 e. The number of hydrogen-bond acceptors (Lipinski definition) is 0. The first-order valence-corrected chi connectivity index (χ1v) is 12.2. The maximum Gasteiger partial charge on any atom is 0.0161 e. The lowest BCUT2D eigenvalue weighted by molar-refractivity contribution is 0.757. The Labute approximate surface area is 143 Å². The highest BCUT2D eigenvalue weighted by molar-refractivity contribution is 7.62. The molecule has 120 valence electrons. The maximum atomic E-state index is 2.54. The molecule has 2 heterocycles. The molecule has 4 atom stereocenters. The molecule has 2 aromatic carbocycles. The summed E-state index contributed by atoms with van der Waals surface area (Å²) < 4.78 is 0. The number of hydrogen-bond donors (Lipinski definition) is 0. The second-order valence-electron chi connectivity index (χ2n) is 8.00. The molecule has 0 aliphatic carbocycles. The average Bonchev–Trinajstić information content (AvgIpc) is 3.03. The standard InChI is InChI=1S/C21H26P2/c1-21(2,3)23-14-16-10-6-8-12-18(16)20(23)19-17-11-7-5-9-15(17)13-22(19)4/h5-12,19-20H,13-14H2,1-4H3/t19?,20-,22?,23?/m1/s1. The monoisotopic (exact) mass is 340 g/mol. The van der Waals surface area contributed by atoms with Crippen LogP contribution in [0.2, 0.25) is 0 Å². The van der Waals surface area contributed by atoms with Crippen LogP contribution in [0.4, 0.5) is 0 Å². The highest BCUT2D eigenvalue weighted by Crippen LogP contribution is 2.77. The minimum absolute atomic E-state index is 0.0223. The summed E-state index contributed by atoms with van der Waals surface area (Å²) in [5, 5.41) is 0.423. The van der Waals surface area contributed by atoms with E-state index in [1.165, 1.54) is 12.3 Å². The molecular weight excluding hydrogens is 314 g/mol. The molecule has 0 fully saturated rings. The maximum absolute atomic E-state index is 2.54. The first-order chi connectivity index (χ1) is 11.0. The van der Waals surface area contributed by atoms with Gasteiger partial charge in [0.1, 0.15) is 0 Å². The van der Waals surface area contributed by atoms with E-state index in [4.69, 9.17) is 0 Å². The van der Waals surface area contributed by atoms with Crippen molar-refractivity contribution in [2.24, 2.45) is 0 Å². The topological polar surface area (TPSA) is 0 Å². The van der Waals surface area contributed by atoms with Crippen LogP contribution in [-0.2, 0) is 12.3 Å². The molecule has 0 saturated heterocycles. The van der Waals surface area contributed by atoms with E-state index < -0.39 is 0 Å². The fourth-order valence-corrected chi connectivity index (χ4v) is 11.2. The predicted molar refractivity (Wildman–Crippen MR) is 105 cm³/mol. The molecule has 0 nitrogen and oxygen atoms in total. The molecule has 4 rings (SSSR count). The molecule has 2 aromatic rings. The first kappa shape index (κ1) is 15.8. The lowest BCUT2D eigenvalue weighted by Gasteiger charge is -2.38. The molecule has 2 heteroatoms. The zero-order chi connectivity index (χ0) is 16.2. The first-order valence-electron chi connectivity index (χ1n) is 8.59. The van der Waals surface area contributed by atoms with E-state index in [1.54, 1.807) is 22.3 Å². The summed E-state index contributed by atoms with van der Waals surface area (Å²) in [6.07, 6.45) is 2.64. The van der Waals surface area contributed by atoms with E-state index in [2.05, 4.69) is 76.0 Å². The lowest BCUT2D eigenvalue weighted by Crippen LogP contribution is -2.16. The van der Waals surface area contributed by atoms with Gasteiger partial charge in [0.15, 0.2) is 0 Å². The molecule has 3 unspecified atom stereocenters. The van der Waals surface area contributed by atoms with Gasteiger partial charge in [-0.1, -0.05) is 85.1 Å². The van der Waals surface area contributed by atoms with E-state index >= 15 is 0 Å². The van der Waals surface area contributed by atoms with Crippen LogP contribution in [0.1, 0.15) is 54.3 Å². The van der Waals surface area contributed by atoms with Gasteiger partial charge < -0.3 is 0 Å². The van der Waals surface area contributed by atoms with Crippen LogP contribution in [-0.4, -0.2) is 11.8 Å². The van der Waals surface area contributed by atoms with Crippen LogP contribution in [0.3, 0.4) is 0 Å². The van der Waals surface area contributed by atoms with Crippen molar-refractivity contribution >= 4 is 15.8 Å². The normalized spacial score (nSPS) is 29.4. The van der Waals surface area contributed by atoms with Crippen molar-refractivity contribution in [3.63, 3.8) is 0 Å². The van der Waals surface area contributed by atoms with Crippen molar-refractivity contribution in [2.75, 3.05) is 6.66 Å². The summed E-state index contributed by atoms with van der Waals surface area (Å²) >= 11 is 0. The van der Waals surface area contributed by atoms with Crippen LogP contribution >= 0.6 is 15.8 Å². The summed E-state index contributed by atoms with van der Waals surface area (Å²) in [7, 11) is 0.0293. The Morgan fingerprint density at radius 3 is 1.91 bits per heavy atom. The second-order valence-corrected chi connectivity index (χ2v) is 13.5. The van der Waals surface area contributed by atoms with Gasteiger partial charge in [0.05, 0.1) is 0 Å². The van der Waals surface area contributed by atoms with Gasteiger partial charge in [-0.15, -0.1) is 0 Å². The summed E-state index contributed by atoms with van der Waals surface area (Å²) in [6, 6.07) is 18.6. The molecule has 0 spiro atoms. The highest BCUT2D eigenvalue weighted by Gasteiger charge is 2.46. The van der Waals surface area contributed by atoms with Gasteiger partial charge in [0, 0.05) is 11.3 Å². The fraction of sp³-hybridized carbons (Fsp3) is 0.429.